The van der Waals surface area contributed by atoms with Gasteiger partial charge in [0.15, 0.2) is 0 Å². The average molecular weight is 277 g/mol. The second-order valence-corrected chi connectivity index (χ2v) is 4.34. The number of nitrogens with one attached hydrogen (secondary N) is 2. The monoisotopic (exact) mass is 277 g/mol. The Labute approximate surface area is 115 Å². The van der Waals surface area contributed by atoms with Crippen molar-refractivity contribution in [1.82, 2.24) is 4.90 Å². The second kappa shape index (κ2) is 6.05. The largest absolute Gasteiger partial charge is 0.448 e. The van der Waals surface area contributed by atoms with Crippen molar-refractivity contribution >= 4 is 29.3 Å². The first kappa shape index (κ1) is 13.9. The summed E-state index contributed by atoms with van der Waals surface area (Å²) in [7, 11) is 0. The van der Waals surface area contributed by atoms with E-state index < -0.39 is 6.09 Å². The summed E-state index contributed by atoms with van der Waals surface area (Å²) in [5.74, 6) is -0.453. The molecule has 0 saturated carbocycles. The van der Waals surface area contributed by atoms with Crippen molar-refractivity contribution in [1.29, 1.82) is 0 Å². The van der Waals surface area contributed by atoms with Gasteiger partial charge in [-0.15, -0.1) is 0 Å². The van der Waals surface area contributed by atoms with E-state index in [1.165, 1.54) is 11.8 Å². The third kappa shape index (κ3) is 3.71. The molecule has 0 aliphatic carbocycles. The van der Waals surface area contributed by atoms with E-state index in [9.17, 15) is 14.4 Å². The van der Waals surface area contributed by atoms with E-state index in [4.69, 9.17) is 4.74 Å². The number of carbonyl (C=O) groups excluding carboxylic acids is 3. The molecule has 0 atom stereocenters. The quantitative estimate of drug-likeness (QED) is 0.860. The number of cyclic esters (lactones) is 1. The maximum absolute atomic E-state index is 11.7. The topological polar surface area (TPSA) is 87.7 Å². The number of hydrogen-bond donors (Lipinski definition) is 2. The Hall–Kier alpha value is -2.57. The zero-order valence-corrected chi connectivity index (χ0v) is 11.0. The Morgan fingerprint density at radius 2 is 1.80 bits per heavy atom. The molecule has 0 radical (unpaired) electrons. The fourth-order valence-corrected chi connectivity index (χ4v) is 1.78. The zero-order valence-electron chi connectivity index (χ0n) is 11.0. The van der Waals surface area contributed by atoms with Crippen LogP contribution < -0.4 is 10.6 Å². The molecule has 1 aliphatic heterocycles. The van der Waals surface area contributed by atoms with Crippen LogP contribution in [0.3, 0.4) is 0 Å². The van der Waals surface area contributed by atoms with E-state index >= 15 is 0 Å². The lowest BCUT2D eigenvalue weighted by Gasteiger charge is -2.12. The SMILES string of the molecule is CC(=O)Nc1ccc(NC(=O)CN2CCOC2=O)cc1. The summed E-state index contributed by atoms with van der Waals surface area (Å²) in [6, 6.07) is 6.71. The van der Waals surface area contributed by atoms with Crippen molar-refractivity contribution in [2.45, 2.75) is 6.92 Å². The number of rotatable bonds is 4. The Balaban J connectivity index is 1.87. The first-order valence-corrected chi connectivity index (χ1v) is 6.14. The molecule has 0 spiro atoms. The van der Waals surface area contributed by atoms with Gasteiger partial charge >= 0.3 is 6.09 Å². The fraction of sp³-hybridized carbons (Fsp3) is 0.308. The molecule has 7 nitrogen and oxygen atoms in total. The van der Waals surface area contributed by atoms with Crippen LogP contribution in [-0.2, 0) is 14.3 Å². The summed E-state index contributed by atoms with van der Waals surface area (Å²) in [6.07, 6.45) is -0.471. The predicted octanol–water partition coefficient (Wildman–Crippen LogP) is 1.04. The lowest BCUT2D eigenvalue weighted by molar-refractivity contribution is -0.116. The van der Waals surface area contributed by atoms with Gasteiger partial charge in [0.05, 0.1) is 6.54 Å². The highest BCUT2D eigenvalue weighted by Crippen LogP contribution is 2.13. The number of benzene rings is 1. The molecule has 3 amide bonds. The molecule has 7 heteroatoms. The maximum Gasteiger partial charge on any atom is 0.410 e. The van der Waals surface area contributed by atoms with Crippen molar-refractivity contribution in [3.8, 4) is 0 Å². The molecule has 0 unspecified atom stereocenters. The molecule has 1 heterocycles. The molecule has 106 valence electrons. The van der Waals surface area contributed by atoms with E-state index in [-0.39, 0.29) is 18.4 Å². The fourth-order valence-electron chi connectivity index (χ4n) is 1.78. The van der Waals surface area contributed by atoms with Gasteiger partial charge in [0, 0.05) is 18.3 Å². The number of carbonyl (C=O) groups is 3. The van der Waals surface area contributed by atoms with E-state index in [0.29, 0.717) is 24.5 Å². The maximum atomic E-state index is 11.7. The van der Waals surface area contributed by atoms with Crippen LogP contribution in [-0.4, -0.2) is 42.5 Å². The van der Waals surface area contributed by atoms with E-state index in [1.807, 2.05) is 0 Å². The van der Waals surface area contributed by atoms with Gasteiger partial charge < -0.3 is 15.4 Å². The van der Waals surface area contributed by atoms with Crippen molar-refractivity contribution < 1.29 is 19.1 Å². The molecule has 1 fully saturated rings. The van der Waals surface area contributed by atoms with E-state index in [2.05, 4.69) is 10.6 Å². The van der Waals surface area contributed by atoms with Gasteiger partial charge in [-0.25, -0.2) is 4.79 Å². The lowest BCUT2D eigenvalue weighted by atomic mass is 10.2. The van der Waals surface area contributed by atoms with E-state index in [1.54, 1.807) is 24.3 Å². The summed E-state index contributed by atoms with van der Waals surface area (Å²) in [5, 5.41) is 5.30. The average Bonchev–Trinajstić information content (AvgIpc) is 2.77. The normalized spacial score (nSPS) is 13.8. The summed E-state index contributed by atoms with van der Waals surface area (Å²) < 4.78 is 4.74. The second-order valence-electron chi connectivity index (χ2n) is 4.34. The van der Waals surface area contributed by atoms with Crippen molar-refractivity contribution in [3.05, 3.63) is 24.3 Å². The van der Waals surface area contributed by atoms with Gasteiger partial charge in [0.2, 0.25) is 11.8 Å². The minimum atomic E-state index is -0.471. The molecular weight excluding hydrogens is 262 g/mol. The minimum absolute atomic E-state index is 0.0354. The van der Waals surface area contributed by atoms with Gasteiger partial charge in [0.1, 0.15) is 13.2 Å². The van der Waals surface area contributed by atoms with Crippen LogP contribution in [0.5, 0.6) is 0 Å². The van der Waals surface area contributed by atoms with Crippen LogP contribution in [0.4, 0.5) is 16.2 Å². The standard InChI is InChI=1S/C13H15N3O4/c1-9(17)14-10-2-4-11(5-3-10)15-12(18)8-16-6-7-20-13(16)19/h2-5H,6-8H2,1H3,(H,14,17)(H,15,18). The molecule has 0 bridgehead atoms. The summed E-state index contributed by atoms with van der Waals surface area (Å²) in [6.45, 7) is 2.13. The highest BCUT2D eigenvalue weighted by molar-refractivity contribution is 5.94. The molecule has 1 aliphatic rings. The first-order valence-electron chi connectivity index (χ1n) is 6.14. The number of nitrogens with zero attached hydrogens (tertiary/aromatic N) is 1. The van der Waals surface area contributed by atoms with E-state index in [0.717, 1.165) is 0 Å². The lowest BCUT2D eigenvalue weighted by Crippen LogP contribution is -2.33. The van der Waals surface area contributed by atoms with Crippen molar-refractivity contribution in [3.63, 3.8) is 0 Å². The summed E-state index contributed by atoms with van der Waals surface area (Å²) in [5.41, 5.74) is 1.25. The molecule has 2 rings (SSSR count). The first-order chi connectivity index (χ1) is 9.54. The van der Waals surface area contributed by atoms with Crippen LogP contribution in [0.15, 0.2) is 24.3 Å². The molecule has 1 aromatic carbocycles. The number of ether oxygens (including phenoxy) is 1. The van der Waals surface area contributed by atoms with Crippen LogP contribution in [0.25, 0.3) is 0 Å². The van der Waals surface area contributed by atoms with Crippen molar-refractivity contribution in [2.24, 2.45) is 0 Å². The van der Waals surface area contributed by atoms with Crippen LogP contribution in [0.1, 0.15) is 6.92 Å². The Bertz CT molecular complexity index is 527. The van der Waals surface area contributed by atoms with Gasteiger partial charge in [0.25, 0.3) is 0 Å². The molecular formula is C13H15N3O4. The van der Waals surface area contributed by atoms with Gasteiger partial charge in [-0.1, -0.05) is 0 Å². The highest BCUT2D eigenvalue weighted by Gasteiger charge is 2.23. The zero-order chi connectivity index (χ0) is 14.5. The molecule has 1 aromatic rings. The minimum Gasteiger partial charge on any atom is -0.448 e. The molecule has 2 N–H and O–H groups in total. The van der Waals surface area contributed by atoms with Crippen molar-refractivity contribution in [2.75, 3.05) is 30.3 Å². The Morgan fingerprint density at radius 3 is 2.30 bits per heavy atom. The third-order valence-electron chi connectivity index (χ3n) is 2.67. The number of hydrogen-bond acceptors (Lipinski definition) is 4. The highest BCUT2D eigenvalue weighted by atomic mass is 16.6. The third-order valence-corrected chi connectivity index (χ3v) is 2.67. The number of amides is 3. The van der Waals surface area contributed by atoms with Crippen LogP contribution >= 0.6 is 0 Å². The predicted molar refractivity (Wildman–Crippen MR) is 72.3 cm³/mol. The van der Waals surface area contributed by atoms with Gasteiger partial charge in [-0.2, -0.15) is 0 Å². The van der Waals surface area contributed by atoms with Gasteiger partial charge in [-0.3, -0.25) is 14.5 Å². The Morgan fingerprint density at radius 1 is 1.20 bits per heavy atom. The number of anilines is 2. The Kier molecular flexibility index (Phi) is 4.19. The molecule has 1 saturated heterocycles. The van der Waals surface area contributed by atoms with Gasteiger partial charge in [-0.05, 0) is 24.3 Å². The summed E-state index contributed by atoms with van der Waals surface area (Å²) in [4.78, 5) is 35.1. The molecule has 0 aromatic heterocycles. The van der Waals surface area contributed by atoms with Crippen LogP contribution in [0.2, 0.25) is 0 Å². The van der Waals surface area contributed by atoms with Crippen LogP contribution in [0, 0.1) is 0 Å². The smallest absolute Gasteiger partial charge is 0.410 e. The summed E-state index contributed by atoms with van der Waals surface area (Å²) >= 11 is 0. The molecule has 20 heavy (non-hydrogen) atoms.